The largest absolute Gasteiger partial charge is 0.395 e. The summed E-state index contributed by atoms with van der Waals surface area (Å²) in [7, 11) is 0. The first-order valence-electron chi connectivity index (χ1n) is 7.28. The Labute approximate surface area is 105 Å². The van der Waals surface area contributed by atoms with E-state index in [-0.39, 0.29) is 12.2 Å². The molecule has 0 aromatic rings. The summed E-state index contributed by atoms with van der Waals surface area (Å²) in [6.07, 6.45) is 8.65. The first-order chi connectivity index (χ1) is 8.29. The Morgan fingerprint density at radius 3 is 2.76 bits per heavy atom. The molecular weight excluding hydrogens is 214 g/mol. The van der Waals surface area contributed by atoms with Crippen molar-refractivity contribution in [2.24, 2.45) is 0 Å². The third-order valence-corrected chi connectivity index (χ3v) is 4.43. The third kappa shape index (κ3) is 3.21. The molecule has 0 aromatic carbocycles. The summed E-state index contributed by atoms with van der Waals surface area (Å²) >= 11 is 0. The van der Waals surface area contributed by atoms with Crippen molar-refractivity contribution < 1.29 is 9.84 Å². The van der Waals surface area contributed by atoms with Crippen LogP contribution in [0.2, 0.25) is 0 Å². The SMILES string of the molecule is CCCCN(CCO)C1CCOC2(CCC2)C1. The van der Waals surface area contributed by atoms with Crippen LogP contribution in [0.25, 0.3) is 0 Å². The number of aliphatic hydroxyl groups excluding tert-OH is 1. The van der Waals surface area contributed by atoms with Gasteiger partial charge >= 0.3 is 0 Å². The van der Waals surface area contributed by atoms with Gasteiger partial charge in [-0.15, -0.1) is 0 Å². The summed E-state index contributed by atoms with van der Waals surface area (Å²) in [5, 5.41) is 9.20. The maximum absolute atomic E-state index is 9.20. The predicted molar refractivity (Wildman–Crippen MR) is 69.1 cm³/mol. The van der Waals surface area contributed by atoms with Gasteiger partial charge in [-0.3, -0.25) is 4.90 Å². The molecule has 1 unspecified atom stereocenters. The molecule has 0 bridgehead atoms. The van der Waals surface area contributed by atoms with E-state index in [9.17, 15) is 5.11 Å². The van der Waals surface area contributed by atoms with E-state index in [1.54, 1.807) is 0 Å². The van der Waals surface area contributed by atoms with Gasteiger partial charge in [0, 0.05) is 19.2 Å². The van der Waals surface area contributed by atoms with Crippen LogP contribution in [0.1, 0.15) is 51.9 Å². The molecule has 2 fully saturated rings. The molecule has 1 N–H and O–H groups in total. The molecule has 0 radical (unpaired) electrons. The molecule has 1 heterocycles. The lowest BCUT2D eigenvalue weighted by Gasteiger charge is -2.49. The number of hydrogen-bond donors (Lipinski definition) is 1. The minimum absolute atomic E-state index is 0.225. The van der Waals surface area contributed by atoms with Crippen molar-refractivity contribution in [1.29, 1.82) is 0 Å². The van der Waals surface area contributed by atoms with E-state index in [0.717, 1.165) is 26.1 Å². The van der Waals surface area contributed by atoms with Crippen LogP contribution in [-0.4, -0.2) is 48.0 Å². The summed E-state index contributed by atoms with van der Waals surface area (Å²) in [6, 6.07) is 0.641. The van der Waals surface area contributed by atoms with Crippen LogP contribution in [-0.2, 0) is 4.74 Å². The second kappa shape index (κ2) is 6.17. The molecule has 3 heteroatoms. The Hall–Kier alpha value is -0.120. The highest BCUT2D eigenvalue weighted by atomic mass is 16.5. The molecule has 1 aliphatic carbocycles. The lowest BCUT2D eigenvalue weighted by atomic mass is 9.73. The Balaban J connectivity index is 1.87. The number of nitrogens with zero attached hydrogens (tertiary/aromatic N) is 1. The van der Waals surface area contributed by atoms with Crippen molar-refractivity contribution in [3.05, 3.63) is 0 Å². The minimum atomic E-state index is 0.225. The maximum Gasteiger partial charge on any atom is 0.0697 e. The molecule has 100 valence electrons. The fourth-order valence-electron chi connectivity index (χ4n) is 3.20. The molecule has 1 saturated heterocycles. The molecule has 0 aromatic heterocycles. The molecule has 0 amide bonds. The summed E-state index contributed by atoms with van der Waals surface area (Å²) in [5.41, 5.74) is 0.225. The van der Waals surface area contributed by atoms with E-state index in [0.29, 0.717) is 6.04 Å². The zero-order valence-corrected chi connectivity index (χ0v) is 11.2. The predicted octanol–water partition coefficient (Wildman–Crippen LogP) is 2.18. The highest BCUT2D eigenvalue weighted by molar-refractivity contribution is 4.96. The number of ether oxygens (including phenoxy) is 1. The molecule has 2 aliphatic rings. The van der Waals surface area contributed by atoms with E-state index >= 15 is 0 Å². The van der Waals surface area contributed by atoms with Gasteiger partial charge in [-0.25, -0.2) is 0 Å². The van der Waals surface area contributed by atoms with Gasteiger partial charge in [0.05, 0.1) is 12.2 Å². The number of hydrogen-bond acceptors (Lipinski definition) is 3. The van der Waals surface area contributed by atoms with Gasteiger partial charge in [0.2, 0.25) is 0 Å². The monoisotopic (exact) mass is 241 g/mol. The smallest absolute Gasteiger partial charge is 0.0697 e. The van der Waals surface area contributed by atoms with Crippen LogP contribution in [0.5, 0.6) is 0 Å². The molecule has 1 atom stereocenters. The van der Waals surface area contributed by atoms with Gasteiger partial charge in [-0.2, -0.15) is 0 Å². The van der Waals surface area contributed by atoms with E-state index in [4.69, 9.17) is 4.74 Å². The average Bonchev–Trinajstić information content (AvgIpc) is 2.33. The summed E-state index contributed by atoms with van der Waals surface area (Å²) < 4.78 is 5.98. The van der Waals surface area contributed by atoms with E-state index < -0.39 is 0 Å². The van der Waals surface area contributed by atoms with Crippen LogP contribution >= 0.6 is 0 Å². The summed E-state index contributed by atoms with van der Waals surface area (Å²) in [6.45, 7) is 5.40. The minimum Gasteiger partial charge on any atom is -0.395 e. The Morgan fingerprint density at radius 1 is 1.35 bits per heavy atom. The van der Waals surface area contributed by atoms with E-state index in [1.807, 2.05) is 0 Å². The maximum atomic E-state index is 9.20. The molecule has 1 saturated carbocycles. The van der Waals surface area contributed by atoms with E-state index in [1.165, 1.54) is 38.5 Å². The van der Waals surface area contributed by atoms with Crippen LogP contribution in [0.3, 0.4) is 0 Å². The quantitative estimate of drug-likeness (QED) is 0.773. The Morgan fingerprint density at radius 2 is 2.18 bits per heavy atom. The lowest BCUT2D eigenvalue weighted by molar-refractivity contribution is -0.149. The molecule has 1 aliphatic heterocycles. The topological polar surface area (TPSA) is 32.7 Å². The van der Waals surface area contributed by atoms with Gasteiger partial charge < -0.3 is 9.84 Å². The first kappa shape index (κ1) is 13.3. The van der Waals surface area contributed by atoms with Gasteiger partial charge in [0.1, 0.15) is 0 Å². The average molecular weight is 241 g/mol. The van der Waals surface area contributed by atoms with Crippen molar-refractivity contribution in [3.63, 3.8) is 0 Å². The zero-order valence-electron chi connectivity index (χ0n) is 11.2. The van der Waals surface area contributed by atoms with Crippen LogP contribution in [0.4, 0.5) is 0 Å². The number of aliphatic hydroxyl groups is 1. The van der Waals surface area contributed by atoms with Gasteiger partial charge in [0.15, 0.2) is 0 Å². The van der Waals surface area contributed by atoms with Gasteiger partial charge in [-0.1, -0.05) is 13.3 Å². The van der Waals surface area contributed by atoms with Crippen molar-refractivity contribution >= 4 is 0 Å². The molecule has 1 spiro atoms. The van der Waals surface area contributed by atoms with E-state index in [2.05, 4.69) is 11.8 Å². The standard InChI is InChI=1S/C14H27NO2/c1-2-3-8-15(9-10-16)13-5-11-17-14(12-13)6-4-7-14/h13,16H,2-12H2,1H3. The van der Waals surface area contributed by atoms with Crippen molar-refractivity contribution in [1.82, 2.24) is 4.90 Å². The zero-order chi connectivity index (χ0) is 12.1. The molecule has 3 nitrogen and oxygen atoms in total. The van der Waals surface area contributed by atoms with Crippen molar-refractivity contribution in [2.75, 3.05) is 26.3 Å². The van der Waals surface area contributed by atoms with Crippen molar-refractivity contribution in [2.45, 2.75) is 63.5 Å². The summed E-state index contributed by atoms with van der Waals surface area (Å²) in [5.74, 6) is 0. The van der Waals surface area contributed by atoms with Crippen LogP contribution in [0, 0.1) is 0 Å². The molecule has 2 rings (SSSR count). The molecule has 17 heavy (non-hydrogen) atoms. The number of rotatable bonds is 6. The fourth-order valence-corrected chi connectivity index (χ4v) is 3.20. The normalized spacial score (nSPS) is 27.4. The fraction of sp³-hybridized carbons (Fsp3) is 1.00. The molecular formula is C14H27NO2. The van der Waals surface area contributed by atoms with Crippen LogP contribution in [0.15, 0.2) is 0 Å². The Bertz CT molecular complexity index is 228. The summed E-state index contributed by atoms with van der Waals surface area (Å²) in [4.78, 5) is 2.49. The third-order valence-electron chi connectivity index (χ3n) is 4.43. The van der Waals surface area contributed by atoms with Gasteiger partial charge in [-0.05, 0) is 45.1 Å². The lowest BCUT2D eigenvalue weighted by Crippen LogP contribution is -2.52. The second-order valence-electron chi connectivity index (χ2n) is 5.64. The highest BCUT2D eigenvalue weighted by Crippen LogP contribution is 2.43. The second-order valence-corrected chi connectivity index (χ2v) is 5.64. The Kier molecular flexibility index (Phi) is 4.83. The highest BCUT2D eigenvalue weighted by Gasteiger charge is 2.43. The first-order valence-corrected chi connectivity index (χ1v) is 7.28. The van der Waals surface area contributed by atoms with Crippen molar-refractivity contribution in [3.8, 4) is 0 Å². The number of unbranched alkanes of at least 4 members (excludes halogenated alkanes) is 1. The van der Waals surface area contributed by atoms with Crippen LogP contribution < -0.4 is 0 Å². The van der Waals surface area contributed by atoms with Gasteiger partial charge in [0.25, 0.3) is 0 Å².